The minimum atomic E-state index is -0.714. The molecule has 0 fully saturated rings. The van der Waals surface area contributed by atoms with E-state index >= 15 is 0 Å². The van der Waals surface area contributed by atoms with Gasteiger partial charge in [-0.2, -0.15) is 0 Å². The summed E-state index contributed by atoms with van der Waals surface area (Å²) in [7, 11) is 4.65. The van der Waals surface area contributed by atoms with Gasteiger partial charge in [-0.3, -0.25) is 14.4 Å². The number of para-hydroxylation sites is 2. The second-order valence-corrected chi connectivity index (χ2v) is 12.2. The van der Waals surface area contributed by atoms with Gasteiger partial charge in [0.1, 0.15) is 18.5 Å². The van der Waals surface area contributed by atoms with Gasteiger partial charge in [0.05, 0.1) is 44.1 Å². The molecule has 1 heterocycles. The van der Waals surface area contributed by atoms with E-state index in [-0.39, 0.29) is 35.5 Å². The van der Waals surface area contributed by atoms with Crippen LogP contribution in [0, 0.1) is 5.92 Å². The van der Waals surface area contributed by atoms with E-state index in [0.29, 0.717) is 66.6 Å². The first kappa shape index (κ1) is 35.2. The van der Waals surface area contributed by atoms with Crippen LogP contribution in [0.3, 0.4) is 0 Å². The molecule has 0 saturated heterocycles. The van der Waals surface area contributed by atoms with E-state index in [1.54, 1.807) is 20.3 Å². The molecule has 0 bridgehead atoms. The molecule has 260 valence electrons. The average Bonchev–Trinajstić information content (AvgIpc) is 3.30. The zero-order valence-electron chi connectivity index (χ0n) is 28.9. The molecule has 1 aromatic heterocycles. The molecule has 0 aliphatic heterocycles. The van der Waals surface area contributed by atoms with Crippen molar-refractivity contribution in [2.24, 2.45) is 5.92 Å². The normalized spacial score (nSPS) is 14.9. The van der Waals surface area contributed by atoms with Crippen LogP contribution in [0.25, 0.3) is 22.2 Å². The molecule has 3 aromatic carbocycles. The smallest absolute Gasteiger partial charge is 0.242 e. The van der Waals surface area contributed by atoms with Crippen LogP contribution in [0.5, 0.6) is 17.2 Å². The third kappa shape index (κ3) is 7.19. The van der Waals surface area contributed by atoms with Crippen LogP contribution in [0.4, 0.5) is 5.69 Å². The van der Waals surface area contributed by atoms with Gasteiger partial charge in [0.25, 0.3) is 0 Å². The third-order valence-corrected chi connectivity index (χ3v) is 9.23. The number of fused-ring (bicyclic) bond motifs is 4. The van der Waals surface area contributed by atoms with Crippen molar-refractivity contribution < 1.29 is 28.9 Å². The number of hydrogen-bond acceptors (Lipinski definition) is 9. The lowest BCUT2D eigenvalue weighted by Crippen LogP contribution is -2.45. The number of benzene rings is 2. The molecule has 0 saturated carbocycles. The summed E-state index contributed by atoms with van der Waals surface area (Å²) < 4.78 is 19.1. The number of nitrogens with zero attached hydrogens (tertiary/aromatic N) is 2. The maximum Gasteiger partial charge on any atom is 0.242 e. The first-order valence-electron chi connectivity index (χ1n) is 16.5. The van der Waals surface area contributed by atoms with E-state index in [2.05, 4.69) is 20.9 Å². The molecule has 12 heteroatoms. The molecule has 49 heavy (non-hydrogen) atoms. The highest BCUT2D eigenvalue weighted by molar-refractivity contribution is 5.86. The van der Waals surface area contributed by atoms with Crippen molar-refractivity contribution in [1.29, 1.82) is 0 Å². The zero-order valence-corrected chi connectivity index (χ0v) is 28.9. The topological polar surface area (TPSA) is 153 Å². The Morgan fingerprint density at radius 2 is 1.82 bits per heavy atom. The fourth-order valence-electron chi connectivity index (χ4n) is 6.59. The number of carbonyl (C=O) groups excluding carboxylic acids is 2. The third-order valence-electron chi connectivity index (χ3n) is 9.23. The lowest BCUT2D eigenvalue weighted by atomic mass is 9.95. The molecule has 1 aliphatic rings. The summed E-state index contributed by atoms with van der Waals surface area (Å²) >= 11 is 0. The summed E-state index contributed by atoms with van der Waals surface area (Å²) in [4.78, 5) is 44.5. The van der Waals surface area contributed by atoms with Crippen LogP contribution < -0.4 is 35.6 Å². The zero-order chi connectivity index (χ0) is 35.2. The van der Waals surface area contributed by atoms with Gasteiger partial charge in [-0.1, -0.05) is 38.5 Å². The molecule has 2 amide bonds. The number of ether oxygens (including phenoxy) is 3. The Balaban J connectivity index is 1.50. The Hall–Kier alpha value is -5.10. The maximum atomic E-state index is 13.9. The van der Waals surface area contributed by atoms with Crippen LogP contribution >= 0.6 is 0 Å². The van der Waals surface area contributed by atoms with Gasteiger partial charge in [-0.15, -0.1) is 0 Å². The number of imidazole rings is 1. The van der Waals surface area contributed by atoms with Crippen molar-refractivity contribution in [2.75, 3.05) is 33.2 Å². The van der Waals surface area contributed by atoms with E-state index < -0.39 is 12.1 Å². The van der Waals surface area contributed by atoms with Crippen molar-refractivity contribution in [3.63, 3.8) is 0 Å². The number of nitrogens with one attached hydrogen (secondary N) is 3. The molecule has 5 rings (SSSR count). The first-order valence-corrected chi connectivity index (χ1v) is 16.5. The molecular weight excluding hydrogens is 626 g/mol. The van der Waals surface area contributed by atoms with E-state index in [4.69, 9.17) is 14.2 Å². The highest BCUT2D eigenvalue weighted by Gasteiger charge is 2.30. The predicted molar refractivity (Wildman–Crippen MR) is 188 cm³/mol. The summed E-state index contributed by atoms with van der Waals surface area (Å²) in [6.07, 6.45) is 1.80. The Morgan fingerprint density at radius 1 is 1.06 bits per heavy atom. The summed E-state index contributed by atoms with van der Waals surface area (Å²) in [6, 6.07) is 13.4. The maximum absolute atomic E-state index is 13.9. The number of aliphatic hydroxyl groups is 1. The van der Waals surface area contributed by atoms with Gasteiger partial charge in [0, 0.05) is 25.6 Å². The molecule has 4 aromatic rings. The summed E-state index contributed by atoms with van der Waals surface area (Å²) in [6.45, 7) is 5.89. The van der Waals surface area contributed by atoms with E-state index in [9.17, 15) is 19.5 Å². The Kier molecular flexibility index (Phi) is 11.1. The van der Waals surface area contributed by atoms with E-state index in [1.807, 2.05) is 54.8 Å². The molecule has 3 atom stereocenters. The Labute approximate surface area is 285 Å². The number of hydrogen-bond donors (Lipinski definition) is 4. The van der Waals surface area contributed by atoms with Crippen LogP contribution in [0.2, 0.25) is 0 Å². The summed E-state index contributed by atoms with van der Waals surface area (Å²) in [5.74, 6) is 1.33. The Bertz CT molecular complexity index is 1910. The number of rotatable bonds is 13. The van der Waals surface area contributed by atoms with Gasteiger partial charge >= 0.3 is 0 Å². The van der Waals surface area contributed by atoms with Crippen molar-refractivity contribution in [1.82, 2.24) is 20.2 Å². The van der Waals surface area contributed by atoms with Crippen molar-refractivity contribution in [3.8, 4) is 28.4 Å². The minimum absolute atomic E-state index is 0.116. The van der Waals surface area contributed by atoms with Crippen LogP contribution in [-0.4, -0.2) is 60.4 Å². The second kappa shape index (κ2) is 15.4. The van der Waals surface area contributed by atoms with Gasteiger partial charge in [0.15, 0.2) is 11.5 Å². The second-order valence-electron chi connectivity index (χ2n) is 12.2. The predicted octanol–water partition coefficient (Wildman–Crippen LogP) is 4.35. The highest BCUT2D eigenvalue weighted by Crippen LogP contribution is 2.50. The van der Waals surface area contributed by atoms with Crippen LogP contribution in [0.15, 0.2) is 53.3 Å². The first-order chi connectivity index (χ1) is 23.6. The summed E-state index contributed by atoms with van der Waals surface area (Å²) in [5, 5.41) is 19.2. The van der Waals surface area contributed by atoms with Crippen LogP contribution in [0.1, 0.15) is 56.6 Å². The fourth-order valence-corrected chi connectivity index (χ4v) is 6.59. The Morgan fingerprint density at radius 3 is 2.49 bits per heavy atom. The van der Waals surface area contributed by atoms with Gasteiger partial charge < -0.3 is 39.8 Å². The number of methoxy groups -OCH3 is 3. The molecule has 4 N–H and O–H groups in total. The fraction of sp³-hybridized carbons (Fsp3) is 0.405. The summed E-state index contributed by atoms with van der Waals surface area (Å²) in [5.41, 5.74) is 4.57. The van der Waals surface area contributed by atoms with Gasteiger partial charge in [0.2, 0.25) is 23.0 Å². The van der Waals surface area contributed by atoms with Crippen molar-refractivity contribution in [3.05, 3.63) is 75.7 Å². The van der Waals surface area contributed by atoms with Crippen molar-refractivity contribution >= 4 is 28.5 Å². The number of aromatic nitrogens is 2. The van der Waals surface area contributed by atoms with Gasteiger partial charge in [-0.05, 0) is 65.8 Å². The molecule has 0 spiro atoms. The lowest BCUT2D eigenvalue weighted by molar-refractivity contribution is -0.123. The molecule has 0 radical (unpaired) electrons. The largest absolute Gasteiger partial charge is 0.493 e. The van der Waals surface area contributed by atoms with Crippen LogP contribution in [-0.2, 0) is 29.2 Å². The van der Waals surface area contributed by atoms with E-state index in [0.717, 1.165) is 22.2 Å². The number of amides is 2. The van der Waals surface area contributed by atoms with Gasteiger partial charge in [-0.25, -0.2) is 4.98 Å². The number of anilines is 1. The highest BCUT2D eigenvalue weighted by atomic mass is 16.5. The SMILES string of the molecule is CC[C@@H](C)[C@H](Nc1ccc2c(cc1=O)[C@@H](NC(C)=O)CCc1cc(OC)c(OC)c(OC)c1-2)C(=O)NCCn1c(CO)nc2ccccc21. The molecular formula is C37H45N5O7. The van der Waals surface area contributed by atoms with E-state index in [1.165, 1.54) is 20.1 Å². The molecule has 1 aliphatic carbocycles. The average molecular weight is 672 g/mol. The van der Waals surface area contributed by atoms with Crippen molar-refractivity contribution in [2.45, 2.75) is 65.3 Å². The number of carbonyl (C=O) groups is 2. The lowest BCUT2D eigenvalue weighted by Gasteiger charge is -2.24. The standard InChI is InChI=1S/C37H45N5O7/c1-7-21(2)34(37(46)38-16-17-42-29-11-9-8-10-27(29)40-32(42)20-43)41-28-15-13-24-25(19-30(28)45)26(39-22(3)44)14-12-23-18-31(47-4)35(48-5)36(49-6)33(23)24/h8-11,13,15,18-19,21,26,34,43H,7,12,14,16-17,20H2,1-6H3,(H,38,46)(H,39,44)(H,41,45)/t21-,26+,34+/m1/s1. The molecule has 12 nitrogen and oxygen atoms in total. The monoisotopic (exact) mass is 671 g/mol. The quantitative estimate of drug-likeness (QED) is 0.163. The minimum Gasteiger partial charge on any atom is -0.493 e. The molecule has 0 unspecified atom stereocenters. The number of aliphatic hydroxyl groups excluding tert-OH is 1. The number of aryl methyl sites for hydroxylation is 1.